The number of aromatic nitrogens is 2. The Balaban J connectivity index is 1.51. The normalized spacial score (nSPS) is 13.0. The van der Waals surface area contributed by atoms with Gasteiger partial charge in [0.2, 0.25) is 0 Å². The minimum Gasteiger partial charge on any atom is -0.295 e. The lowest BCUT2D eigenvalue weighted by Crippen LogP contribution is -2.28. The summed E-state index contributed by atoms with van der Waals surface area (Å²) in [5, 5.41) is 0. The molecule has 0 aliphatic carbocycles. The zero-order chi connectivity index (χ0) is 21.6. The number of thiophene rings is 1. The number of rotatable bonds is 8. The predicted molar refractivity (Wildman–Crippen MR) is 124 cm³/mol. The van der Waals surface area contributed by atoms with E-state index in [2.05, 4.69) is 21.8 Å². The summed E-state index contributed by atoms with van der Waals surface area (Å²) in [4.78, 5) is 26.2. The molecule has 0 saturated heterocycles. The largest absolute Gasteiger partial charge is 0.328 e. The molecule has 2 heterocycles. The maximum Gasteiger partial charge on any atom is 0.328 e. The fourth-order valence-corrected chi connectivity index (χ4v) is 5.52. The molecular formula is C23H21N3O3S2. The molecule has 31 heavy (non-hydrogen) atoms. The van der Waals surface area contributed by atoms with Gasteiger partial charge in [-0.2, -0.15) is 0 Å². The number of nitrogens with zero attached hydrogens (tertiary/aromatic N) is 1. The quantitative estimate of drug-likeness (QED) is 0.431. The van der Waals surface area contributed by atoms with Gasteiger partial charge in [-0.15, -0.1) is 11.3 Å². The van der Waals surface area contributed by atoms with Gasteiger partial charge in [-0.3, -0.25) is 14.3 Å². The second-order valence-corrected chi connectivity index (χ2v) is 9.64. The molecule has 6 nitrogen and oxygen atoms in total. The van der Waals surface area contributed by atoms with Crippen molar-refractivity contribution in [1.82, 2.24) is 14.3 Å². The lowest BCUT2D eigenvalue weighted by atomic mass is 10.00. The molecule has 0 saturated carbocycles. The van der Waals surface area contributed by atoms with Crippen LogP contribution in [0, 0.1) is 0 Å². The SMILES string of the molecule is O=c1ccn(Cc2ccc(S(=O)NC(Cc3ccccc3)c3ccccc3)s2)c(=O)[nH]1. The highest BCUT2D eigenvalue weighted by molar-refractivity contribution is 7.85. The smallest absolute Gasteiger partial charge is 0.295 e. The van der Waals surface area contributed by atoms with Crippen LogP contribution < -0.4 is 16.0 Å². The van der Waals surface area contributed by atoms with Gasteiger partial charge in [-0.1, -0.05) is 60.7 Å². The summed E-state index contributed by atoms with van der Waals surface area (Å²) in [5.41, 5.74) is 1.33. The van der Waals surface area contributed by atoms with Crippen molar-refractivity contribution < 1.29 is 4.21 Å². The first-order valence-corrected chi connectivity index (χ1v) is 11.7. The van der Waals surface area contributed by atoms with Crippen LogP contribution in [0.4, 0.5) is 0 Å². The molecule has 0 amide bonds. The summed E-state index contributed by atoms with van der Waals surface area (Å²) in [7, 11) is -1.41. The Hall–Kier alpha value is -3.07. The van der Waals surface area contributed by atoms with Crippen molar-refractivity contribution >= 4 is 22.3 Å². The molecule has 0 aliphatic heterocycles. The minimum atomic E-state index is -1.41. The van der Waals surface area contributed by atoms with E-state index in [1.807, 2.05) is 60.7 Å². The van der Waals surface area contributed by atoms with E-state index in [1.54, 1.807) is 0 Å². The predicted octanol–water partition coefficient (Wildman–Crippen LogP) is 3.24. The zero-order valence-electron chi connectivity index (χ0n) is 16.6. The summed E-state index contributed by atoms with van der Waals surface area (Å²) in [6.45, 7) is 0.309. The standard InChI is InChI=1S/C23H21N3O3S2/c27-21-13-14-26(23(28)24-21)16-19-11-12-22(30-19)31(29)25-20(18-9-5-2-6-10-18)15-17-7-3-1-4-8-17/h1-14,20,25H,15-16H2,(H,24,27,28). The number of hydrogen-bond donors (Lipinski definition) is 2. The molecule has 2 aromatic carbocycles. The maximum atomic E-state index is 13.1. The summed E-state index contributed by atoms with van der Waals surface area (Å²) >= 11 is 1.38. The van der Waals surface area contributed by atoms with Gasteiger partial charge in [0.15, 0.2) is 0 Å². The third-order valence-corrected chi connectivity index (χ3v) is 7.35. The van der Waals surface area contributed by atoms with E-state index in [-0.39, 0.29) is 6.04 Å². The van der Waals surface area contributed by atoms with Crippen molar-refractivity contribution in [3.05, 3.63) is 122 Å². The van der Waals surface area contributed by atoms with Crippen molar-refractivity contribution in [1.29, 1.82) is 0 Å². The van der Waals surface area contributed by atoms with Gasteiger partial charge >= 0.3 is 5.69 Å². The summed E-state index contributed by atoms with van der Waals surface area (Å²) < 4.78 is 18.4. The zero-order valence-corrected chi connectivity index (χ0v) is 18.2. The molecule has 0 bridgehead atoms. The van der Waals surface area contributed by atoms with Crippen LogP contribution >= 0.6 is 11.3 Å². The Kier molecular flexibility index (Phi) is 6.71. The fraction of sp³-hybridized carbons (Fsp3) is 0.130. The highest BCUT2D eigenvalue weighted by Gasteiger charge is 2.17. The first-order valence-electron chi connectivity index (χ1n) is 9.74. The van der Waals surface area contributed by atoms with Crippen LogP contribution in [0.2, 0.25) is 0 Å². The van der Waals surface area contributed by atoms with E-state index in [0.29, 0.717) is 17.2 Å². The van der Waals surface area contributed by atoms with Gasteiger partial charge in [0.05, 0.1) is 6.54 Å². The van der Waals surface area contributed by atoms with Gasteiger partial charge in [0, 0.05) is 23.2 Å². The highest BCUT2D eigenvalue weighted by atomic mass is 32.2. The topological polar surface area (TPSA) is 84.0 Å². The summed E-state index contributed by atoms with van der Waals surface area (Å²) in [6.07, 6.45) is 2.17. The van der Waals surface area contributed by atoms with E-state index in [1.165, 1.54) is 28.2 Å². The van der Waals surface area contributed by atoms with E-state index < -0.39 is 22.2 Å². The Morgan fingerprint density at radius 3 is 2.35 bits per heavy atom. The minimum absolute atomic E-state index is 0.114. The van der Waals surface area contributed by atoms with Crippen LogP contribution in [0.3, 0.4) is 0 Å². The molecule has 8 heteroatoms. The molecule has 2 atom stereocenters. The van der Waals surface area contributed by atoms with Crippen LogP contribution in [0.1, 0.15) is 22.0 Å². The van der Waals surface area contributed by atoms with Gasteiger partial charge in [-0.05, 0) is 29.7 Å². The average molecular weight is 452 g/mol. The van der Waals surface area contributed by atoms with Crippen LogP contribution in [-0.2, 0) is 24.0 Å². The van der Waals surface area contributed by atoms with Gasteiger partial charge in [0.1, 0.15) is 15.2 Å². The number of hydrogen-bond acceptors (Lipinski definition) is 4. The van der Waals surface area contributed by atoms with E-state index in [4.69, 9.17) is 0 Å². The van der Waals surface area contributed by atoms with Crippen LogP contribution in [0.15, 0.2) is 98.9 Å². The molecule has 0 aliphatic rings. The monoisotopic (exact) mass is 451 g/mol. The number of H-pyrrole nitrogens is 1. The second-order valence-electron chi connectivity index (χ2n) is 7.00. The second kappa shape index (κ2) is 9.82. The average Bonchev–Trinajstić information content (AvgIpc) is 3.25. The number of nitrogens with one attached hydrogen (secondary N) is 2. The molecule has 158 valence electrons. The molecule has 0 radical (unpaired) electrons. The van der Waals surface area contributed by atoms with Crippen molar-refractivity contribution in [2.45, 2.75) is 23.2 Å². The third kappa shape index (κ3) is 5.55. The summed E-state index contributed by atoms with van der Waals surface area (Å²) in [5.74, 6) is 0. The lowest BCUT2D eigenvalue weighted by molar-refractivity contribution is 0.625. The van der Waals surface area contributed by atoms with Gasteiger partial charge < -0.3 is 0 Å². The first-order chi connectivity index (χ1) is 15.1. The van der Waals surface area contributed by atoms with Crippen LogP contribution in [-0.4, -0.2) is 13.8 Å². The molecule has 0 spiro atoms. The Bertz CT molecular complexity index is 1280. The number of aromatic amines is 1. The Morgan fingerprint density at radius 1 is 0.935 bits per heavy atom. The molecule has 2 unspecified atom stereocenters. The summed E-state index contributed by atoms with van der Waals surface area (Å²) in [6, 6.07) is 24.9. The molecule has 4 aromatic rings. The van der Waals surface area contributed by atoms with Crippen molar-refractivity contribution in [3.63, 3.8) is 0 Å². The van der Waals surface area contributed by atoms with Crippen LogP contribution in [0.25, 0.3) is 0 Å². The van der Waals surface area contributed by atoms with Crippen molar-refractivity contribution in [3.8, 4) is 0 Å². The Labute approximate surface area is 185 Å². The van der Waals surface area contributed by atoms with E-state index >= 15 is 0 Å². The van der Waals surface area contributed by atoms with E-state index in [0.717, 1.165) is 16.0 Å². The van der Waals surface area contributed by atoms with Crippen LogP contribution in [0.5, 0.6) is 0 Å². The lowest BCUT2D eigenvalue weighted by Gasteiger charge is -2.18. The van der Waals surface area contributed by atoms with E-state index in [9.17, 15) is 13.8 Å². The highest BCUT2D eigenvalue weighted by Crippen LogP contribution is 2.24. The van der Waals surface area contributed by atoms with Crippen molar-refractivity contribution in [2.24, 2.45) is 0 Å². The fourth-order valence-electron chi connectivity index (χ4n) is 3.23. The first kappa shape index (κ1) is 21.2. The maximum absolute atomic E-state index is 13.1. The molecule has 0 fully saturated rings. The van der Waals surface area contributed by atoms with Crippen molar-refractivity contribution in [2.75, 3.05) is 0 Å². The molecular weight excluding hydrogens is 430 g/mol. The van der Waals surface area contributed by atoms with Gasteiger partial charge in [0.25, 0.3) is 5.56 Å². The molecule has 2 aromatic heterocycles. The molecule has 2 N–H and O–H groups in total. The Morgan fingerprint density at radius 2 is 1.65 bits per heavy atom. The number of benzene rings is 2. The molecule has 4 rings (SSSR count). The third-order valence-electron chi connectivity index (χ3n) is 4.78. The van der Waals surface area contributed by atoms with Gasteiger partial charge in [-0.25, -0.2) is 13.7 Å².